The van der Waals surface area contributed by atoms with E-state index in [1.807, 2.05) is 0 Å². The number of nitrogens with zero attached hydrogens (tertiary/aromatic N) is 1. The van der Waals surface area contributed by atoms with Crippen molar-refractivity contribution in [3.63, 3.8) is 0 Å². The summed E-state index contributed by atoms with van der Waals surface area (Å²) in [6.45, 7) is 0. The lowest BCUT2D eigenvalue weighted by Crippen LogP contribution is -2.12. The van der Waals surface area contributed by atoms with Gasteiger partial charge in [-0.1, -0.05) is 0 Å². The molecule has 2 rings (SSSR count). The molecule has 2 aromatic heterocycles. The Labute approximate surface area is 80.5 Å². The predicted octanol–water partition coefficient (Wildman–Crippen LogP) is 0.890. The second kappa shape index (κ2) is 3.06. The highest BCUT2D eigenvalue weighted by Crippen LogP contribution is 2.17. The van der Waals surface area contributed by atoms with Crippen LogP contribution in [0.15, 0.2) is 35.3 Å². The van der Waals surface area contributed by atoms with Crippen LogP contribution >= 0.6 is 0 Å². The highest BCUT2D eigenvalue weighted by Gasteiger charge is 2.00. The lowest BCUT2D eigenvalue weighted by atomic mass is 10.3. The maximum Gasteiger partial charge on any atom is 0.255 e. The van der Waals surface area contributed by atoms with Crippen LogP contribution in [0.1, 0.15) is 0 Å². The quantitative estimate of drug-likeness (QED) is 0.726. The van der Waals surface area contributed by atoms with Crippen LogP contribution in [0, 0.1) is 0 Å². The number of aromatic nitrogens is 1. The van der Waals surface area contributed by atoms with Crippen molar-refractivity contribution >= 4 is 11.2 Å². The standard InChI is InChI=1S/C10H10N2O2/c1-14-7-4-5-12-9(6-7)8(11)2-3-10(12)13/h2-6H,11H2,1H3. The Bertz CT molecular complexity index is 531. The lowest BCUT2D eigenvalue weighted by molar-refractivity contribution is 0.414. The molecule has 0 aliphatic heterocycles. The first-order valence-corrected chi connectivity index (χ1v) is 4.17. The molecule has 2 heterocycles. The minimum atomic E-state index is -0.100. The summed E-state index contributed by atoms with van der Waals surface area (Å²) in [7, 11) is 1.57. The monoisotopic (exact) mass is 190 g/mol. The molecule has 0 aromatic carbocycles. The molecule has 0 aliphatic rings. The summed E-state index contributed by atoms with van der Waals surface area (Å²) in [5.41, 5.74) is 6.86. The maximum atomic E-state index is 11.4. The average Bonchev–Trinajstić information content (AvgIpc) is 2.23. The minimum Gasteiger partial charge on any atom is -0.497 e. The SMILES string of the molecule is COc1ccn2c(=O)ccc(N)c2c1. The van der Waals surface area contributed by atoms with Gasteiger partial charge in [0, 0.05) is 18.3 Å². The second-order valence-electron chi connectivity index (χ2n) is 2.95. The molecule has 0 bridgehead atoms. The van der Waals surface area contributed by atoms with E-state index in [0.717, 1.165) is 0 Å². The molecule has 0 amide bonds. The molecule has 0 aliphatic carbocycles. The van der Waals surface area contributed by atoms with E-state index in [4.69, 9.17) is 10.5 Å². The van der Waals surface area contributed by atoms with Crippen LogP contribution in [0.4, 0.5) is 5.69 Å². The first kappa shape index (κ1) is 8.62. The van der Waals surface area contributed by atoms with Crippen LogP contribution in [-0.2, 0) is 0 Å². The van der Waals surface area contributed by atoms with E-state index in [-0.39, 0.29) is 5.56 Å². The van der Waals surface area contributed by atoms with Crippen molar-refractivity contribution < 1.29 is 4.74 Å². The summed E-state index contributed by atoms with van der Waals surface area (Å²) in [6, 6.07) is 6.48. The Morgan fingerprint density at radius 2 is 2.14 bits per heavy atom. The minimum absolute atomic E-state index is 0.100. The third-order valence-corrected chi connectivity index (χ3v) is 2.10. The Morgan fingerprint density at radius 3 is 2.86 bits per heavy atom. The van der Waals surface area contributed by atoms with Gasteiger partial charge in [-0.3, -0.25) is 9.20 Å². The van der Waals surface area contributed by atoms with Crippen LogP contribution in [0.3, 0.4) is 0 Å². The van der Waals surface area contributed by atoms with Gasteiger partial charge in [-0.05, 0) is 12.1 Å². The van der Waals surface area contributed by atoms with Crippen LogP contribution in [0.5, 0.6) is 5.75 Å². The maximum absolute atomic E-state index is 11.4. The van der Waals surface area contributed by atoms with E-state index in [9.17, 15) is 4.79 Å². The van der Waals surface area contributed by atoms with Gasteiger partial charge < -0.3 is 10.5 Å². The number of pyridine rings is 2. The van der Waals surface area contributed by atoms with E-state index in [1.54, 1.807) is 31.5 Å². The number of ether oxygens (including phenoxy) is 1. The number of nitrogen functional groups attached to an aromatic ring is 1. The summed E-state index contributed by atoms with van der Waals surface area (Å²) in [5.74, 6) is 0.683. The molecule has 2 aromatic rings. The number of fused-ring (bicyclic) bond motifs is 1. The molecule has 0 unspecified atom stereocenters. The highest BCUT2D eigenvalue weighted by molar-refractivity contribution is 5.70. The number of methoxy groups -OCH3 is 1. The molecule has 0 saturated carbocycles. The molecule has 0 spiro atoms. The van der Waals surface area contributed by atoms with Gasteiger partial charge in [-0.25, -0.2) is 0 Å². The summed E-state index contributed by atoms with van der Waals surface area (Å²) in [6.07, 6.45) is 1.65. The normalized spacial score (nSPS) is 10.4. The second-order valence-corrected chi connectivity index (χ2v) is 2.95. The van der Waals surface area contributed by atoms with Crippen molar-refractivity contribution in [2.45, 2.75) is 0 Å². The molecular formula is C10H10N2O2. The van der Waals surface area contributed by atoms with E-state index in [0.29, 0.717) is 17.0 Å². The van der Waals surface area contributed by atoms with Crippen molar-refractivity contribution in [1.82, 2.24) is 4.40 Å². The smallest absolute Gasteiger partial charge is 0.255 e. The topological polar surface area (TPSA) is 56.7 Å². The number of hydrogen-bond donors (Lipinski definition) is 1. The third-order valence-electron chi connectivity index (χ3n) is 2.10. The van der Waals surface area contributed by atoms with E-state index < -0.39 is 0 Å². The van der Waals surface area contributed by atoms with Gasteiger partial charge in [0.05, 0.1) is 18.3 Å². The fourth-order valence-electron chi connectivity index (χ4n) is 1.35. The van der Waals surface area contributed by atoms with E-state index in [1.165, 1.54) is 10.5 Å². The molecule has 4 heteroatoms. The summed E-state index contributed by atoms with van der Waals surface area (Å²) < 4.78 is 6.53. The van der Waals surface area contributed by atoms with Gasteiger partial charge in [0.2, 0.25) is 0 Å². The fourth-order valence-corrected chi connectivity index (χ4v) is 1.35. The van der Waals surface area contributed by atoms with Crippen LogP contribution in [-0.4, -0.2) is 11.5 Å². The third kappa shape index (κ3) is 1.21. The lowest BCUT2D eigenvalue weighted by Gasteiger charge is -2.05. The van der Waals surface area contributed by atoms with Crippen molar-refractivity contribution in [3.05, 3.63) is 40.8 Å². The van der Waals surface area contributed by atoms with Gasteiger partial charge in [0.15, 0.2) is 0 Å². The van der Waals surface area contributed by atoms with Gasteiger partial charge in [0.25, 0.3) is 5.56 Å². The number of anilines is 1. The Kier molecular flexibility index (Phi) is 1.89. The van der Waals surface area contributed by atoms with Crippen molar-refractivity contribution in [2.24, 2.45) is 0 Å². The van der Waals surface area contributed by atoms with Gasteiger partial charge >= 0.3 is 0 Å². The van der Waals surface area contributed by atoms with Crippen LogP contribution in [0.25, 0.3) is 5.52 Å². The molecule has 0 atom stereocenters. The number of hydrogen-bond acceptors (Lipinski definition) is 3. The zero-order valence-electron chi connectivity index (χ0n) is 7.73. The summed E-state index contributed by atoms with van der Waals surface area (Å²) in [5, 5.41) is 0. The van der Waals surface area contributed by atoms with E-state index >= 15 is 0 Å². The van der Waals surface area contributed by atoms with Crippen LogP contribution < -0.4 is 16.0 Å². The predicted molar refractivity (Wildman–Crippen MR) is 54.6 cm³/mol. The highest BCUT2D eigenvalue weighted by atomic mass is 16.5. The zero-order chi connectivity index (χ0) is 10.1. The van der Waals surface area contributed by atoms with Gasteiger partial charge in [-0.2, -0.15) is 0 Å². The molecule has 72 valence electrons. The molecule has 14 heavy (non-hydrogen) atoms. The molecular weight excluding hydrogens is 180 g/mol. The summed E-state index contributed by atoms with van der Waals surface area (Å²) in [4.78, 5) is 11.4. The number of rotatable bonds is 1. The van der Waals surface area contributed by atoms with Gasteiger partial charge in [0.1, 0.15) is 5.75 Å². The number of nitrogens with two attached hydrogens (primary N) is 1. The molecule has 0 radical (unpaired) electrons. The van der Waals surface area contributed by atoms with Crippen molar-refractivity contribution in [2.75, 3.05) is 12.8 Å². The molecule has 0 fully saturated rings. The van der Waals surface area contributed by atoms with E-state index in [2.05, 4.69) is 0 Å². The van der Waals surface area contributed by atoms with Crippen molar-refractivity contribution in [1.29, 1.82) is 0 Å². The Morgan fingerprint density at radius 1 is 1.36 bits per heavy atom. The Balaban J connectivity index is 2.87. The zero-order valence-corrected chi connectivity index (χ0v) is 7.73. The molecule has 2 N–H and O–H groups in total. The molecule has 4 nitrogen and oxygen atoms in total. The summed E-state index contributed by atoms with van der Waals surface area (Å²) >= 11 is 0. The Hall–Kier alpha value is -1.97. The van der Waals surface area contributed by atoms with Crippen molar-refractivity contribution in [3.8, 4) is 5.75 Å². The van der Waals surface area contributed by atoms with Gasteiger partial charge in [-0.15, -0.1) is 0 Å². The van der Waals surface area contributed by atoms with Crippen LogP contribution in [0.2, 0.25) is 0 Å². The largest absolute Gasteiger partial charge is 0.497 e. The fraction of sp³-hybridized carbons (Fsp3) is 0.100. The average molecular weight is 190 g/mol. The first-order valence-electron chi connectivity index (χ1n) is 4.17. The molecule has 0 saturated heterocycles. The first-order chi connectivity index (χ1) is 6.72.